The zero-order valence-corrected chi connectivity index (χ0v) is 13.6. The molecule has 0 unspecified atom stereocenters. The highest BCUT2D eigenvalue weighted by atomic mass is 16.2. The van der Waals surface area contributed by atoms with Crippen LogP contribution in [0.3, 0.4) is 0 Å². The lowest BCUT2D eigenvalue weighted by Gasteiger charge is -2.24. The number of benzene rings is 1. The number of fused-ring (bicyclic) bond motifs is 1. The number of hydrogen-bond acceptors (Lipinski definition) is 3. The first-order chi connectivity index (χ1) is 11.7. The summed E-state index contributed by atoms with van der Waals surface area (Å²) in [4.78, 5) is 33.8. The van der Waals surface area contributed by atoms with Crippen molar-refractivity contribution < 1.29 is 9.59 Å². The van der Waals surface area contributed by atoms with Crippen LogP contribution in [0, 0.1) is 5.92 Å². The minimum atomic E-state index is -0.0988. The molecule has 4 rings (SSSR count). The van der Waals surface area contributed by atoms with Crippen molar-refractivity contribution in [1.29, 1.82) is 0 Å². The van der Waals surface area contributed by atoms with Crippen LogP contribution in [0.25, 0.3) is 11.0 Å². The summed E-state index contributed by atoms with van der Waals surface area (Å²) >= 11 is 0. The zero-order chi connectivity index (χ0) is 16.5. The van der Waals surface area contributed by atoms with Crippen LogP contribution in [0.15, 0.2) is 24.5 Å². The summed E-state index contributed by atoms with van der Waals surface area (Å²) in [6, 6.07) is 5.86. The molecule has 2 aromatic rings. The number of aromatic amines is 1. The SMILES string of the molecule is O=C(NC[C@@H]1CC(=O)N(C2CCCC2)C1)c1ccc2nc[nH]c2c1. The van der Waals surface area contributed by atoms with Gasteiger partial charge in [-0.05, 0) is 31.0 Å². The molecule has 6 nitrogen and oxygen atoms in total. The largest absolute Gasteiger partial charge is 0.352 e. The molecule has 6 heteroatoms. The van der Waals surface area contributed by atoms with Crippen LogP contribution in [-0.4, -0.2) is 45.8 Å². The Morgan fingerprint density at radius 2 is 2.17 bits per heavy atom. The van der Waals surface area contributed by atoms with E-state index < -0.39 is 0 Å². The number of rotatable bonds is 4. The molecule has 2 heterocycles. The lowest BCUT2D eigenvalue weighted by Crippen LogP contribution is -2.36. The van der Waals surface area contributed by atoms with Gasteiger partial charge in [-0.1, -0.05) is 12.8 Å². The third-order valence-corrected chi connectivity index (χ3v) is 5.24. The first-order valence-corrected chi connectivity index (χ1v) is 8.71. The van der Waals surface area contributed by atoms with Crippen molar-refractivity contribution in [3.05, 3.63) is 30.1 Å². The average Bonchev–Trinajstić information content (AvgIpc) is 3.32. The molecule has 2 aliphatic rings. The van der Waals surface area contributed by atoms with E-state index in [1.54, 1.807) is 12.4 Å². The third-order valence-electron chi connectivity index (χ3n) is 5.24. The van der Waals surface area contributed by atoms with Gasteiger partial charge < -0.3 is 15.2 Å². The van der Waals surface area contributed by atoms with Gasteiger partial charge in [-0.3, -0.25) is 9.59 Å². The molecule has 0 radical (unpaired) electrons. The number of aromatic nitrogens is 2. The fourth-order valence-electron chi connectivity index (χ4n) is 3.93. The van der Waals surface area contributed by atoms with Gasteiger partial charge in [0.25, 0.3) is 5.91 Å². The first kappa shape index (κ1) is 15.2. The zero-order valence-electron chi connectivity index (χ0n) is 13.6. The van der Waals surface area contributed by atoms with Crippen molar-refractivity contribution >= 4 is 22.8 Å². The van der Waals surface area contributed by atoms with Crippen LogP contribution in [0.5, 0.6) is 0 Å². The monoisotopic (exact) mass is 326 g/mol. The van der Waals surface area contributed by atoms with E-state index in [1.165, 1.54) is 12.8 Å². The van der Waals surface area contributed by atoms with Gasteiger partial charge in [-0.2, -0.15) is 0 Å². The van der Waals surface area contributed by atoms with Gasteiger partial charge in [0.05, 0.1) is 17.4 Å². The van der Waals surface area contributed by atoms with Crippen LogP contribution in [0.1, 0.15) is 42.5 Å². The van der Waals surface area contributed by atoms with Crippen LogP contribution in [-0.2, 0) is 4.79 Å². The Balaban J connectivity index is 1.34. The number of likely N-dealkylation sites (tertiary alicyclic amines) is 1. The molecule has 2 amide bonds. The molecule has 1 saturated carbocycles. The van der Waals surface area contributed by atoms with Gasteiger partial charge in [0.15, 0.2) is 0 Å². The maximum absolute atomic E-state index is 12.3. The molecule has 1 saturated heterocycles. The van der Waals surface area contributed by atoms with Gasteiger partial charge in [0.2, 0.25) is 5.91 Å². The summed E-state index contributed by atoms with van der Waals surface area (Å²) in [5, 5.41) is 2.98. The Bertz CT molecular complexity index is 763. The molecule has 1 aromatic carbocycles. The van der Waals surface area contributed by atoms with E-state index in [0.29, 0.717) is 24.6 Å². The molecule has 1 atom stereocenters. The first-order valence-electron chi connectivity index (χ1n) is 8.71. The Morgan fingerprint density at radius 3 is 3.00 bits per heavy atom. The molecule has 0 bridgehead atoms. The van der Waals surface area contributed by atoms with E-state index in [0.717, 1.165) is 30.4 Å². The smallest absolute Gasteiger partial charge is 0.251 e. The number of imidazole rings is 1. The Morgan fingerprint density at radius 1 is 1.33 bits per heavy atom. The predicted octanol–water partition coefficient (Wildman–Crippen LogP) is 2.08. The number of carbonyl (C=O) groups is 2. The van der Waals surface area contributed by atoms with Crippen molar-refractivity contribution in [1.82, 2.24) is 20.2 Å². The number of nitrogens with zero attached hydrogens (tertiary/aromatic N) is 2. The van der Waals surface area contributed by atoms with Gasteiger partial charge in [-0.25, -0.2) is 4.98 Å². The summed E-state index contributed by atoms with van der Waals surface area (Å²) in [7, 11) is 0. The summed E-state index contributed by atoms with van der Waals surface area (Å²) in [5.41, 5.74) is 2.31. The minimum Gasteiger partial charge on any atom is -0.352 e. The van der Waals surface area contributed by atoms with E-state index in [-0.39, 0.29) is 17.7 Å². The van der Waals surface area contributed by atoms with Crippen LogP contribution < -0.4 is 5.32 Å². The highest BCUT2D eigenvalue weighted by Gasteiger charge is 2.35. The molecule has 1 aliphatic carbocycles. The Hall–Kier alpha value is -2.37. The lowest BCUT2D eigenvalue weighted by molar-refractivity contribution is -0.129. The summed E-state index contributed by atoms with van der Waals surface area (Å²) in [5.74, 6) is 0.372. The average molecular weight is 326 g/mol. The summed E-state index contributed by atoms with van der Waals surface area (Å²) in [6.07, 6.45) is 6.90. The fourth-order valence-corrected chi connectivity index (χ4v) is 3.93. The van der Waals surface area contributed by atoms with Gasteiger partial charge in [-0.15, -0.1) is 0 Å². The van der Waals surface area contributed by atoms with Crippen molar-refractivity contribution in [2.24, 2.45) is 5.92 Å². The molecular weight excluding hydrogens is 304 g/mol. The standard InChI is InChI=1S/C18H22N4O2/c23-17-7-12(10-22(17)14-3-1-2-4-14)9-19-18(24)13-5-6-15-16(8-13)21-11-20-15/h5-6,8,11-12,14H,1-4,7,9-10H2,(H,19,24)(H,20,21)/t12-/m0/s1. The molecule has 1 aromatic heterocycles. The molecule has 126 valence electrons. The van der Waals surface area contributed by atoms with E-state index in [2.05, 4.69) is 15.3 Å². The Labute approximate surface area is 140 Å². The van der Waals surface area contributed by atoms with Crippen LogP contribution in [0.2, 0.25) is 0 Å². The van der Waals surface area contributed by atoms with Crippen LogP contribution in [0.4, 0.5) is 0 Å². The molecule has 2 fully saturated rings. The van der Waals surface area contributed by atoms with Gasteiger partial charge >= 0.3 is 0 Å². The highest BCUT2D eigenvalue weighted by Crippen LogP contribution is 2.29. The topological polar surface area (TPSA) is 78.1 Å². The van der Waals surface area contributed by atoms with Gasteiger partial charge in [0, 0.05) is 37.0 Å². The van der Waals surface area contributed by atoms with Crippen molar-refractivity contribution in [3.63, 3.8) is 0 Å². The maximum Gasteiger partial charge on any atom is 0.251 e. The van der Waals surface area contributed by atoms with Crippen molar-refractivity contribution in [2.45, 2.75) is 38.1 Å². The molecule has 2 N–H and O–H groups in total. The number of carbonyl (C=O) groups excluding carboxylic acids is 2. The highest BCUT2D eigenvalue weighted by molar-refractivity contribution is 5.97. The number of H-pyrrole nitrogens is 1. The number of hydrogen-bond donors (Lipinski definition) is 2. The van der Waals surface area contributed by atoms with E-state index in [1.807, 2.05) is 17.0 Å². The second kappa shape index (κ2) is 6.26. The normalized spacial score (nSPS) is 21.8. The van der Waals surface area contributed by atoms with E-state index >= 15 is 0 Å². The maximum atomic E-state index is 12.3. The molecular formula is C18H22N4O2. The molecule has 0 spiro atoms. The third kappa shape index (κ3) is 2.88. The molecule has 24 heavy (non-hydrogen) atoms. The van der Waals surface area contributed by atoms with Crippen molar-refractivity contribution in [3.8, 4) is 0 Å². The van der Waals surface area contributed by atoms with E-state index in [9.17, 15) is 9.59 Å². The second-order valence-electron chi connectivity index (χ2n) is 6.90. The predicted molar refractivity (Wildman–Crippen MR) is 90.5 cm³/mol. The van der Waals surface area contributed by atoms with E-state index in [4.69, 9.17) is 0 Å². The second-order valence-corrected chi connectivity index (χ2v) is 6.90. The summed E-state index contributed by atoms with van der Waals surface area (Å²) < 4.78 is 0. The number of nitrogens with one attached hydrogen (secondary N) is 2. The quantitative estimate of drug-likeness (QED) is 0.903. The van der Waals surface area contributed by atoms with Crippen LogP contribution >= 0.6 is 0 Å². The number of amides is 2. The lowest BCUT2D eigenvalue weighted by atomic mass is 10.1. The summed E-state index contributed by atoms with van der Waals surface area (Å²) in [6.45, 7) is 1.33. The molecule has 1 aliphatic heterocycles. The van der Waals surface area contributed by atoms with Crippen molar-refractivity contribution in [2.75, 3.05) is 13.1 Å². The minimum absolute atomic E-state index is 0.0988. The Kier molecular flexibility index (Phi) is 3.96. The fraction of sp³-hybridized carbons (Fsp3) is 0.500. The van der Waals surface area contributed by atoms with Gasteiger partial charge in [0.1, 0.15) is 0 Å².